The first kappa shape index (κ1) is 22.4. The van der Waals surface area contributed by atoms with Gasteiger partial charge in [0.15, 0.2) is 0 Å². The maximum atomic E-state index is 12.8. The van der Waals surface area contributed by atoms with Crippen molar-refractivity contribution >= 4 is 11.6 Å². The number of hydrogen-bond donors (Lipinski definition) is 2. The van der Waals surface area contributed by atoms with Gasteiger partial charge in [-0.15, -0.1) is 0 Å². The summed E-state index contributed by atoms with van der Waals surface area (Å²) in [5.41, 5.74) is 6.31. The summed E-state index contributed by atoms with van der Waals surface area (Å²) >= 11 is 0. The van der Waals surface area contributed by atoms with E-state index in [1.165, 1.54) is 36.0 Å². The van der Waals surface area contributed by atoms with Crippen LogP contribution in [-0.4, -0.2) is 19.1 Å². The molecular weight excluding hydrogens is 396 g/mol. The number of amides is 1. The van der Waals surface area contributed by atoms with Gasteiger partial charge in [0.2, 0.25) is 5.91 Å². The Hall–Kier alpha value is -2.75. The zero-order valence-corrected chi connectivity index (χ0v) is 19.3. The monoisotopic (exact) mass is 432 g/mol. The fourth-order valence-corrected chi connectivity index (χ4v) is 4.61. The number of hydrogen-bond acceptors (Lipinski definition) is 3. The average molecular weight is 433 g/mol. The molecule has 0 aromatic heterocycles. The van der Waals surface area contributed by atoms with Crippen LogP contribution in [0.5, 0.6) is 5.75 Å². The van der Waals surface area contributed by atoms with Crippen LogP contribution in [0.4, 0.5) is 0 Å². The van der Waals surface area contributed by atoms with Gasteiger partial charge in [-0.3, -0.25) is 4.79 Å². The fraction of sp³-hybridized carbons (Fsp3) is 0.464. The van der Waals surface area contributed by atoms with Crippen LogP contribution in [0.1, 0.15) is 81.0 Å². The number of fused-ring (bicyclic) bond motifs is 1. The first-order chi connectivity index (χ1) is 15.7. The summed E-state index contributed by atoms with van der Waals surface area (Å²) in [5, 5.41) is 6.71. The highest BCUT2D eigenvalue weighted by Crippen LogP contribution is 2.33. The van der Waals surface area contributed by atoms with Gasteiger partial charge >= 0.3 is 0 Å². The Morgan fingerprint density at radius 3 is 2.56 bits per heavy atom. The third-order valence-electron chi connectivity index (χ3n) is 6.60. The van der Waals surface area contributed by atoms with Crippen molar-refractivity contribution in [3.8, 4) is 5.75 Å². The molecule has 2 aromatic rings. The highest BCUT2D eigenvalue weighted by atomic mass is 16.5. The largest absolute Gasteiger partial charge is 0.494 e. The number of nitrogens with one attached hydrogen (secondary N) is 2. The molecule has 4 rings (SSSR count). The van der Waals surface area contributed by atoms with Gasteiger partial charge in [0.1, 0.15) is 5.75 Å². The molecule has 1 atom stereocenters. The van der Waals surface area contributed by atoms with Crippen LogP contribution >= 0.6 is 0 Å². The molecule has 0 bridgehead atoms. The summed E-state index contributed by atoms with van der Waals surface area (Å²) in [4.78, 5) is 12.8. The molecule has 2 N–H and O–H groups in total. The van der Waals surface area contributed by atoms with Crippen LogP contribution in [0.3, 0.4) is 0 Å². The number of allylic oxidation sites excluding steroid dienone is 1. The molecule has 170 valence electrons. The van der Waals surface area contributed by atoms with Crippen molar-refractivity contribution in [1.29, 1.82) is 0 Å². The van der Waals surface area contributed by atoms with E-state index < -0.39 is 0 Å². The number of ether oxygens (including phenoxy) is 1. The zero-order chi connectivity index (χ0) is 22.2. The lowest BCUT2D eigenvalue weighted by Gasteiger charge is -2.27. The van der Waals surface area contributed by atoms with Crippen LogP contribution in [0.15, 0.2) is 54.1 Å². The highest BCUT2D eigenvalue weighted by Gasteiger charge is 2.22. The lowest BCUT2D eigenvalue weighted by Crippen LogP contribution is -2.37. The average Bonchev–Trinajstić information content (AvgIpc) is 2.79. The summed E-state index contributed by atoms with van der Waals surface area (Å²) in [7, 11) is 0. The van der Waals surface area contributed by atoms with Crippen molar-refractivity contribution in [1.82, 2.24) is 10.6 Å². The molecule has 1 saturated carbocycles. The smallest absolute Gasteiger partial charge is 0.239 e. The van der Waals surface area contributed by atoms with E-state index in [1.807, 2.05) is 12.1 Å². The van der Waals surface area contributed by atoms with Crippen molar-refractivity contribution < 1.29 is 9.53 Å². The van der Waals surface area contributed by atoms with E-state index in [0.29, 0.717) is 6.54 Å². The molecule has 1 unspecified atom stereocenters. The van der Waals surface area contributed by atoms with Crippen molar-refractivity contribution in [2.24, 2.45) is 0 Å². The van der Waals surface area contributed by atoms with Gasteiger partial charge in [-0.1, -0.05) is 44.0 Å². The van der Waals surface area contributed by atoms with Gasteiger partial charge in [0.05, 0.1) is 19.2 Å². The van der Waals surface area contributed by atoms with Gasteiger partial charge in [-0.05, 0) is 91.5 Å². The van der Waals surface area contributed by atoms with E-state index in [9.17, 15) is 4.79 Å². The molecule has 0 saturated heterocycles. The Morgan fingerprint density at radius 1 is 1.00 bits per heavy atom. The molecule has 1 amide bonds. The van der Waals surface area contributed by atoms with Crippen LogP contribution < -0.4 is 15.4 Å². The van der Waals surface area contributed by atoms with Crippen LogP contribution in [0.2, 0.25) is 0 Å². The number of rotatable bonds is 10. The molecule has 0 radical (unpaired) electrons. The maximum absolute atomic E-state index is 12.8. The van der Waals surface area contributed by atoms with Crippen molar-refractivity contribution in [2.45, 2.75) is 70.8 Å². The lowest BCUT2D eigenvalue weighted by atomic mass is 9.87. The predicted octanol–water partition coefficient (Wildman–Crippen LogP) is 5.93. The molecule has 4 nitrogen and oxygen atoms in total. The summed E-state index contributed by atoms with van der Waals surface area (Å²) in [6.07, 6.45) is 10.2. The molecule has 0 spiro atoms. The van der Waals surface area contributed by atoms with Gasteiger partial charge in [0.25, 0.3) is 0 Å². The van der Waals surface area contributed by atoms with E-state index in [2.05, 4.69) is 54.0 Å². The minimum atomic E-state index is 0.0556. The molecule has 4 heteroatoms. The summed E-state index contributed by atoms with van der Waals surface area (Å²) in [6.45, 7) is 3.27. The Bertz CT molecular complexity index is 927. The third-order valence-corrected chi connectivity index (χ3v) is 6.60. The van der Waals surface area contributed by atoms with E-state index in [4.69, 9.17) is 4.74 Å². The Morgan fingerprint density at radius 2 is 1.81 bits per heavy atom. The fourth-order valence-electron chi connectivity index (χ4n) is 4.61. The van der Waals surface area contributed by atoms with Crippen molar-refractivity contribution in [3.63, 3.8) is 0 Å². The number of unbranched alkanes of at least 4 members (excludes halogenated alkanes) is 2. The quantitative estimate of drug-likeness (QED) is 0.457. The SMILES string of the molecule is CCCCCOc1ccc(C(NCC(=O)NC2CCCc3ccccc32)=C2CCC2)cc1. The second-order valence-electron chi connectivity index (χ2n) is 8.98. The lowest BCUT2D eigenvalue weighted by molar-refractivity contribution is -0.120. The van der Waals surface area contributed by atoms with Crippen LogP contribution in [0, 0.1) is 0 Å². The Kier molecular flexibility index (Phi) is 7.87. The van der Waals surface area contributed by atoms with E-state index in [-0.39, 0.29) is 11.9 Å². The number of carbonyl (C=O) groups excluding carboxylic acids is 1. The number of benzene rings is 2. The maximum Gasteiger partial charge on any atom is 0.239 e. The van der Waals surface area contributed by atoms with Crippen LogP contribution in [0.25, 0.3) is 5.70 Å². The molecule has 1 fully saturated rings. The number of aryl methyl sites for hydroxylation is 1. The predicted molar refractivity (Wildman–Crippen MR) is 130 cm³/mol. The van der Waals surface area contributed by atoms with Crippen molar-refractivity contribution in [2.75, 3.05) is 13.2 Å². The first-order valence-electron chi connectivity index (χ1n) is 12.3. The topological polar surface area (TPSA) is 50.4 Å². The second-order valence-corrected chi connectivity index (χ2v) is 8.98. The Balaban J connectivity index is 1.35. The second kappa shape index (κ2) is 11.2. The highest BCUT2D eigenvalue weighted by molar-refractivity contribution is 5.81. The van der Waals surface area contributed by atoms with Crippen molar-refractivity contribution in [3.05, 3.63) is 70.8 Å². The van der Waals surface area contributed by atoms with Gasteiger partial charge in [-0.2, -0.15) is 0 Å². The molecule has 2 aliphatic rings. The Labute approximate surface area is 192 Å². The molecule has 0 heterocycles. The molecule has 0 aliphatic heterocycles. The van der Waals surface area contributed by atoms with E-state index >= 15 is 0 Å². The summed E-state index contributed by atoms with van der Waals surface area (Å²) < 4.78 is 5.85. The summed E-state index contributed by atoms with van der Waals surface area (Å²) in [6, 6.07) is 16.9. The zero-order valence-electron chi connectivity index (χ0n) is 19.3. The van der Waals surface area contributed by atoms with E-state index in [0.717, 1.165) is 62.1 Å². The molecule has 32 heavy (non-hydrogen) atoms. The first-order valence-corrected chi connectivity index (χ1v) is 12.3. The molecule has 2 aliphatic carbocycles. The third kappa shape index (κ3) is 5.73. The van der Waals surface area contributed by atoms with Gasteiger partial charge in [0, 0.05) is 5.70 Å². The van der Waals surface area contributed by atoms with E-state index in [1.54, 1.807) is 0 Å². The van der Waals surface area contributed by atoms with Crippen LogP contribution in [-0.2, 0) is 11.2 Å². The normalized spacial score (nSPS) is 17.2. The summed E-state index contributed by atoms with van der Waals surface area (Å²) in [5.74, 6) is 0.969. The van der Waals surface area contributed by atoms with Gasteiger partial charge in [-0.25, -0.2) is 0 Å². The van der Waals surface area contributed by atoms with Gasteiger partial charge < -0.3 is 15.4 Å². The molecule has 2 aromatic carbocycles. The minimum Gasteiger partial charge on any atom is -0.494 e. The molecular formula is C28H36N2O2. The number of carbonyl (C=O) groups is 1. The minimum absolute atomic E-state index is 0.0556. The standard InChI is InChI=1S/C28H36N2O2/c1-2-3-6-19-32-24-17-15-23(16-18-24)28(22-11-7-12-22)29-20-27(31)30-26-14-8-10-21-9-4-5-13-25(21)26/h4-5,9,13,15-18,26,29H,2-3,6-8,10-12,14,19-20H2,1H3,(H,30,31).